The Morgan fingerprint density at radius 2 is 2.11 bits per heavy atom. The number of nitrogens with two attached hydrogens (primary N) is 1. The first-order chi connectivity index (χ1) is 9.15. The minimum atomic E-state index is -0.268. The van der Waals surface area contributed by atoms with Gasteiger partial charge in [-0.2, -0.15) is 0 Å². The Morgan fingerprint density at radius 3 is 2.68 bits per heavy atom. The van der Waals surface area contributed by atoms with Gasteiger partial charge in [0.25, 0.3) is 0 Å². The Labute approximate surface area is 115 Å². The number of methoxy groups -OCH3 is 1. The fraction of sp³-hybridized carbons (Fsp3) is 0.533. The van der Waals surface area contributed by atoms with Gasteiger partial charge in [-0.1, -0.05) is 37.3 Å². The van der Waals surface area contributed by atoms with Gasteiger partial charge in [-0.05, 0) is 18.9 Å². The maximum atomic E-state index is 6.12. The molecule has 104 valence electrons. The van der Waals surface area contributed by atoms with Gasteiger partial charge in [-0.3, -0.25) is 4.99 Å². The van der Waals surface area contributed by atoms with Crippen molar-refractivity contribution in [3.8, 4) is 0 Å². The third kappa shape index (κ3) is 2.32. The summed E-state index contributed by atoms with van der Waals surface area (Å²) in [4.78, 5) is 6.69. The van der Waals surface area contributed by atoms with E-state index in [9.17, 15) is 0 Å². The molecule has 4 heteroatoms. The highest BCUT2D eigenvalue weighted by Crippen LogP contribution is 2.35. The predicted molar refractivity (Wildman–Crippen MR) is 78.1 cm³/mol. The second-order valence-electron chi connectivity index (χ2n) is 5.13. The zero-order valence-corrected chi connectivity index (χ0v) is 12.0. The van der Waals surface area contributed by atoms with Crippen molar-refractivity contribution < 1.29 is 4.74 Å². The number of nitrogens with zero attached hydrogens (tertiary/aromatic N) is 2. The predicted octanol–water partition coefficient (Wildman–Crippen LogP) is 1.96. The van der Waals surface area contributed by atoms with Crippen LogP contribution in [0.3, 0.4) is 0 Å². The molecule has 2 rings (SSSR count). The smallest absolute Gasteiger partial charge is 0.192 e. The van der Waals surface area contributed by atoms with Crippen LogP contribution in [0.1, 0.15) is 25.8 Å². The molecule has 1 heterocycles. The molecular formula is C15H23N3O. The molecule has 0 fully saturated rings. The molecule has 0 radical (unpaired) electrons. The molecule has 2 atom stereocenters. The fourth-order valence-corrected chi connectivity index (χ4v) is 2.83. The largest absolute Gasteiger partial charge is 0.382 e. The minimum absolute atomic E-state index is 0.268. The quantitative estimate of drug-likeness (QED) is 0.881. The molecule has 1 aliphatic rings. The zero-order chi connectivity index (χ0) is 13.9. The summed E-state index contributed by atoms with van der Waals surface area (Å²) >= 11 is 0. The van der Waals surface area contributed by atoms with Crippen LogP contribution in [-0.4, -0.2) is 37.2 Å². The average Bonchev–Trinajstić information content (AvgIpc) is 2.78. The van der Waals surface area contributed by atoms with E-state index in [0.29, 0.717) is 25.2 Å². The molecule has 4 nitrogen and oxygen atoms in total. The third-order valence-electron chi connectivity index (χ3n) is 3.94. The van der Waals surface area contributed by atoms with Crippen molar-refractivity contribution in [1.82, 2.24) is 4.90 Å². The lowest BCUT2D eigenvalue weighted by atomic mass is 9.88. The van der Waals surface area contributed by atoms with Crippen molar-refractivity contribution in [3.63, 3.8) is 0 Å². The number of hydrogen-bond donors (Lipinski definition) is 1. The standard InChI is InChI=1S/C15H23N3O/c1-4-12(2)18-14(16)17-10-15(18,11-19-3)13-8-6-5-7-9-13/h5-9,12H,4,10-11H2,1-3H3,(H2,16,17). The third-order valence-corrected chi connectivity index (χ3v) is 3.94. The maximum absolute atomic E-state index is 6.12. The summed E-state index contributed by atoms with van der Waals surface area (Å²) in [7, 11) is 1.73. The first-order valence-electron chi connectivity index (χ1n) is 6.79. The topological polar surface area (TPSA) is 50.8 Å². The van der Waals surface area contributed by atoms with E-state index < -0.39 is 0 Å². The van der Waals surface area contributed by atoms with E-state index in [-0.39, 0.29) is 5.54 Å². The minimum Gasteiger partial charge on any atom is -0.382 e. The van der Waals surface area contributed by atoms with Gasteiger partial charge in [0, 0.05) is 13.2 Å². The van der Waals surface area contributed by atoms with E-state index in [2.05, 4.69) is 48.0 Å². The molecule has 0 saturated heterocycles. The Kier molecular flexibility index (Phi) is 4.10. The van der Waals surface area contributed by atoms with Gasteiger partial charge in [0.1, 0.15) is 5.54 Å². The number of guanidine groups is 1. The first kappa shape index (κ1) is 13.9. The second kappa shape index (κ2) is 5.61. The number of ether oxygens (including phenoxy) is 1. The van der Waals surface area contributed by atoms with Crippen LogP contribution >= 0.6 is 0 Å². The van der Waals surface area contributed by atoms with Gasteiger partial charge >= 0.3 is 0 Å². The van der Waals surface area contributed by atoms with Crippen molar-refractivity contribution in [2.45, 2.75) is 31.8 Å². The van der Waals surface area contributed by atoms with Crippen LogP contribution in [0.5, 0.6) is 0 Å². The molecule has 0 aromatic heterocycles. The Balaban J connectivity index is 2.45. The van der Waals surface area contributed by atoms with Gasteiger partial charge in [0.05, 0.1) is 13.2 Å². The lowest BCUT2D eigenvalue weighted by molar-refractivity contribution is 0.0460. The average molecular weight is 261 g/mol. The van der Waals surface area contributed by atoms with E-state index in [1.807, 2.05) is 6.07 Å². The normalized spacial score (nSPS) is 24.4. The van der Waals surface area contributed by atoms with Gasteiger partial charge in [0.15, 0.2) is 5.96 Å². The molecule has 0 amide bonds. The zero-order valence-electron chi connectivity index (χ0n) is 12.0. The van der Waals surface area contributed by atoms with Crippen LogP contribution in [0.25, 0.3) is 0 Å². The van der Waals surface area contributed by atoms with E-state index >= 15 is 0 Å². The number of rotatable bonds is 5. The lowest BCUT2D eigenvalue weighted by Gasteiger charge is -2.42. The molecule has 1 aliphatic heterocycles. The Morgan fingerprint density at radius 1 is 1.42 bits per heavy atom. The number of aliphatic imine (C=N–C) groups is 1. The van der Waals surface area contributed by atoms with Crippen LogP contribution in [0.15, 0.2) is 35.3 Å². The van der Waals surface area contributed by atoms with Crippen LogP contribution < -0.4 is 5.73 Å². The van der Waals surface area contributed by atoms with E-state index in [0.717, 1.165) is 6.42 Å². The Bertz CT molecular complexity index is 446. The molecule has 0 spiro atoms. The summed E-state index contributed by atoms with van der Waals surface area (Å²) in [6, 6.07) is 10.7. The van der Waals surface area contributed by atoms with Gasteiger partial charge in [-0.25, -0.2) is 0 Å². The molecule has 2 N–H and O–H groups in total. The molecule has 0 bridgehead atoms. The molecule has 0 aliphatic carbocycles. The summed E-state index contributed by atoms with van der Waals surface area (Å²) in [5.41, 5.74) is 7.06. The van der Waals surface area contributed by atoms with E-state index in [1.54, 1.807) is 7.11 Å². The van der Waals surface area contributed by atoms with Crippen LogP contribution in [-0.2, 0) is 10.3 Å². The lowest BCUT2D eigenvalue weighted by Crippen LogP contribution is -2.55. The monoisotopic (exact) mass is 261 g/mol. The van der Waals surface area contributed by atoms with Crippen molar-refractivity contribution >= 4 is 5.96 Å². The molecule has 2 unspecified atom stereocenters. The Hall–Kier alpha value is -1.55. The maximum Gasteiger partial charge on any atom is 0.192 e. The summed E-state index contributed by atoms with van der Waals surface area (Å²) in [6.07, 6.45) is 1.02. The molecule has 1 aromatic rings. The summed E-state index contributed by atoms with van der Waals surface area (Å²) in [6.45, 7) is 5.59. The highest BCUT2D eigenvalue weighted by Gasteiger charge is 2.45. The highest BCUT2D eigenvalue weighted by molar-refractivity contribution is 5.81. The van der Waals surface area contributed by atoms with Gasteiger partial charge in [-0.15, -0.1) is 0 Å². The summed E-state index contributed by atoms with van der Waals surface area (Å²) in [5.74, 6) is 0.621. The SMILES string of the molecule is CCC(C)N1C(N)=NCC1(COC)c1ccccc1. The molecule has 19 heavy (non-hydrogen) atoms. The summed E-state index contributed by atoms with van der Waals surface area (Å²) < 4.78 is 5.49. The van der Waals surface area contributed by atoms with E-state index in [4.69, 9.17) is 10.5 Å². The first-order valence-corrected chi connectivity index (χ1v) is 6.79. The summed E-state index contributed by atoms with van der Waals surface area (Å²) in [5, 5.41) is 0. The molecule has 0 saturated carbocycles. The van der Waals surface area contributed by atoms with Crippen molar-refractivity contribution in [3.05, 3.63) is 35.9 Å². The highest BCUT2D eigenvalue weighted by atomic mass is 16.5. The van der Waals surface area contributed by atoms with Crippen molar-refractivity contribution in [1.29, 1.82) is 0 Å². The fourth-order valence-electron chi connectivity index (χ4n) is 2.83. The van der Waals surface area contributed by atoms with Crippen molar-refractivity contribution in [2.24, 2.45) is 10.7 Å². The van der Waals surface area contributed by atoms with Crippen LogP contribution in [0, 0.1) is 0 Å². The van der Waals surface area contributed by atoms with Crippen molar-refractivity contribution in [2.75, 3.05) is 20.3 Å². The number of benzene rings is 1. The van der Waals surface area contributed by atoms with Gasteiger partial charge in [0.2, 0.25) is 0 Å². The molecule has 1 aromatic carbocycles. The van der Waals surface area contributed by atoms with E-state index in [1.165, 1.54) is 5.56 Å². The second-order valence-corrected chi connectivity index (χ2v) is 5.13. The molecular weight excluding hydrogens is 238 g/mol. The van der Waals surface area contributed by atoms with Crippen LogP contribution in [0.4, 0.5) is 0 Å². The number of hydrogen-bond acceptors (Lipinski definition) is 4. The van der Waals surface area contributed by atoms with Crippen LogP contribution in [0.2, 0.25) is 0 Å². The van der Waals surface area contributed by atoms with Gasteiger partial charge < -0.3 is 15.4 Å².